The molecule has 0 aromatic carbocycles. The maximum absolute atomic E-state index is 5.66. The van der Waals surface area contributed by atoms with Gasteiger partial charge in [0, 0.05) is 37.2 Å². The number of anilines is 2. The van der Waals surface area contributed by atoms with Gasteiger partial charge in [-0.1, -0.05) is 6.92 Å². The monoisotopic (exact) mass is 278 g/mol. The highest BCUT2D eigenvalue weighted by molar-refractivity contribution is 7.09. The Morgan fingerprint density at radius 1 is 1.42 bits per heavy atom. The molecule has 1 aliphatic heterocycles. The summed E-state index contributed by atoms with van der Waals surface area (Å²) in [6.45, 7) is 4.09. The van der Waals surface area contributed by atoms with Crippen LogP contribution in [0.15, 0.2) is 12.3 Å². The number of piperidine rings is 1. The van der Waals surface area contributed by atoms with Gasteiger partial charge in [0.25, 0.3) is 0 Å². The minimum Gasteiger partial charge on any atom is -0.382 e. The first-order chi connectivity index (χ1) is 9.26. The molecule has 0 unspecified atom stereocenters. The lowest BCUT2D eigenvalue weighted by molar-refractivity contribution is 0.367. The van der Waals surface area contributed by atoms with E-state index in [1.165, 1.54) is 11.5 Å². The maximum Gasteiger partial charge on any atom is 0.205 e. The van der Waals surface area contributed by atoms with Gasteiger partial charge in [-0.25, -0.2) is 4.98 Å². The van der Waals surface area contributed by atoms with Crippen LogP contribution in [0.3, 0.4) is 0 Å². The third-order valence-electron chi connectivity index (χ3n) is 3.51. The van der Waals surface area contributed by atoms with Crippen molar-refractivity contribution in [2.75, 3.05) is 23.7 Å². The molecule has 0 atom stereocenters. The summed E-state index contributed by atoms with van der Waals surface area (Å²) in [5.41, 5.74) is 5.66. The zero-order chi connectivity index (χ0) is 13.2. The molecule has 19 heavy (non-hydrogen) atoms. The highest BCUT2D eigenvalue weighted by Gasteiger charge is 2.23. The summed E-state index contributed by atoms with van der Waals surface area (Å²) in [5, 5.41) is 5.35. The number of aryl methyl sites for hydroxylation is 1. The Bertz CT molecular complexity index is 540. The summed E-state index contributed by atoms with van der Waals surface area (Å²) < 4.78 is 6.34. The van der Waals surface area contributed by atoms with Gasteiger partial charge in [0.2, 0.25) is 5.13 Å². The molecular weight excluding hydrogens is 260 g/mol. The smallest absolute Gasteiger partial charge is 0.205 e. The van der Waals surface area contributed by atoms with Gasteiger partial charge in [-0.15, -0.1) is 0 Å². The number of hydrogen-bond acceptors (Lipinski definition) is 6. The highest BCUT2D eigenvalue weighted by atomic mass is 32.1. The molecule has 0 amide bonds. The standard InChI is InChI=1S/C12H18N6S/c1-2-11-14-12(19-16-11)17-6-3-9(4-7-17)18-8-5-10(13)15-18/h5,8-9H,2-4,6-7H2,1H3,(H2,13,15). The highest BCUT2D eigenvalue weighted by Crippen LogP contribution is 2.27. The lowest BCUT2D eigenvalue weighted by atomic mass is 10.1. The number of hydrogen-bond donors (Lipinski definition) is 1. The van der Waals surface area contributed by atoms with Crippen LogP contribution in [0.4, 0.5) is 10.9 Å². The molecule has 0 radical (unpaired) electrons. The molecule has 1 aliphatic rings. The predicted molar refractivity (Wildman–Crippen MR) is 76.4 cm³/mol. The third-order valence-corrected chi connectivity index (χ3v) is 4.33. The quantitative estimate of drug-likeness (QED) is 0.925. The lowest BCUT2D eigenvalue weighted by Gasteiger charge is -2.31. The van der Waals surface area contributed by atoms with Gasteiger partial charge in [0.1, 0.15) is 11.6 Å². The number of nitrogens with two attached hydrogens (primary N) is 1. The zero-order valence-electron chi connectivity index (χ0n) is 11.0. The van der Waals surface area contributed by atoms with E-state index >= 15 is 0 Å². The maximum atomic E-state index is 5.66. The van der Waals surface area contributed by atoms with Crippen LogP contribution in [0.2, 0.25) is 0 Å². The minimum absolute atomic E-state index is 0.451. The summed E-state index contributed by atoms with van der Waals surface area (Å²) in [5.74, 6) is 1.54. The normalized spacial score (nSPS) is 17.0. The molecule has 102 valence electrons. The molecule has 3 rings (SSSR count). The van der Waals surface area contributed by atoms with E-state index in [1.807, 2.05) is 16.9 Å². The average molecular weight is 278 g/mol. The van der Waals surface area contributed by atoms with E-state index in [-0.39, 0.29) is 0 Å². The molecule has 1 saturated heterocycles. The molecule has 6 nitrogen and oxygen atoms in total. The van der Waals surface area contributed by atoms with Gasteiger partial charge in [0.05, 0.1) is 6.04 Å². The fraction of sp³-hybridized carbons (Fsp3) is 0.583. The Kier molecular flexibility index (Phi) is 3.37. The number of rotatable bonds is 3. The second kappa shape index (κ2) is 5.16. The fourth-order valence-electron chi connectivity index (χ4n) is 2.39. The topological polar surface area (TPSA) is 72.9 Å². The summed E-state index contributed by atoms with van der Waals surface area (Å²) in [7, 11) is 0. The summed E-state index contributed by atoms with van der Waals surface area (Å²) in [6, 6.07) is 2.30. The van der Waals surface area contributed by atoms with Gasteiger partial charge in [-0.3, -0.25) is 4.68 Å². The molecular formula is C12H18N6S. The van der Waals surface area contributed by atoms with Crippen LogP contribution in [0.1, 0.15) is 31.6 Å². The van der Waals surface area contributed by atoms with E-state index in [2.05, 4.69) is 26.3 Å². The lowest BCUT2D eigenvalue weighted by Crippen LogP contribution is -2.34. The van der Waals surface area contributed by atoms with Crippen LogP contribution in [-0.2, 0) is 6.42 Å². The van der Waals surface area contributed by atoms with Crippen molar-refractivity contribution in [1.29, 1.82) is 0 Å². The van der Waals surface area contributed by atoms with Crippen LogP contribution in [0, 0.1) is 0 Å². The van der Waals surface area contributed by atoms with Crippen molar-refractivity contribution in [3.63, 3.8) is 0 Å². The van der Waals surface area contributed by atoms with Crippen LogP contribution >= 0.6 is 11.5 Å². The summed E-state index contributed by atoms with van der Waals surface area (Å²) in [6.07, 6.45) is 5.01. The second-order valence-electron chi connectivity index (χ2n) is 4.79. The van der Waals surface area contributed by atoms with Crippen molar-refractivity contribution in [3.05, 3.63) is 18.1 Å². The number of nitrogens with zero attached hydrogens (tertiary/aromatic N) is 5. The van der Waals surface area contributed by atoms with E-state index in [1.54, 1.807) is 0 Å². The summed E-state index contributed by atoms with van der Waals surface area (Å²) >= 11 is 1.50. The van der Waals surface area contributed by atoms with Gasteiger partial charge in [0.15, 0.2) is 0 Å². The van der Waals surface area contributed by atoms with E-state index in [9.17, 15) is 0 Å². The molecule has 7 heteroatoms. The first kappa shape index (κ1) is 12.4. The molecule has 0 aliphatic carbocycles. The van der Waals surface area contributed by atoms with Crippen molar-refractivity contribution in [3.8, 4) is 0 Å². The largest absolute Gasteiger partial charge is 0.382 e. The van der Waals surface area contributed by atoms with Crippen molar-refractivity contribution in [2.45, 2.75) is 32.2 Å². The average Bonchev–Trinajstić information content (AvgIpc) is 3.07. The SMILES string of the molecule is CCc1nsc(N2CCC(n3ccc(N)n3)CC2)n1. The van der Waals surface area contributed by atoms with Crippen LogP contribution in [0.5, 0.6) is 0 Å². The second-order valence-corrected chi connectivity index (χ2v) is 5.52. The van der Waals surface area contributed by atoms with Crippen molar-refractivity contribution >= 4 is 22.5 Å². The fourth-order valence-corrected chi connectivity index (χ4v) is 3.20. The Labute approximate surface area is 116 Å². The van der Waals surface area contributed by atoms with E-state index in [4.69, 9.17) is 5.73 Å². The Morgan fingerprint density at radius 3 is 2.79 bits per heavy atom. The van der Waals surface area contributed by atoms with Crippen molar-refractivity contribution in [2.24, 2.45) is 0 Å². The van der Waals surface area contributed by atoms with Crippen molar-refractivity contribution < 1.29 is 0 Å². The van der Waals surface area contributed by atoms with Crippen molar-refractivity contribution in [1.82, 2.24) is 19.1 Å². The first-order valence-corrected chi connectivity index (χ1v) is 7.41. The third kappa shape index (κ3) is 2.56. The van der Waals surface area contributed by atoms with E-state index < -0.39 is 0 Å². The Hall–Kier alpha value is -1.63. The molecule has 0 spiro atoms. The van der Waals surface area contributed by atoms with Gasteiger partial charge in [-0.2, -0.15) is 9.47 Å². The molecule has 2 N–H and O–H groups in total. The van der Waals surface area contributed by atoms with E-state index in [0.717, 1.165) is 43.3 Å². The summed E-state index contributed by atoms with van der Waals surface area (Å²) in [4.78, 5) is 6.86. The van der Waals surface area contributed by atoms with E-state index in [0.29, 0.717) is 11.9 Å². The Morgan fingerprint density at radius 2 is 2.21 bits per heavy atom. The Balaban J connectivity index is 1.63. The minimum atomic E-state index is 0.451. The van der Waals surface area contributed by atoms with Gasteiger partial charge < -0.3 is 10.6 Å². The van der Waals surface area contributed by atoms with Crippen LogP contribution in [0.25, 0.3) is 0 Å². The molecule has 1 fully saturated rings. The van der Waals surface area contributed by atoms with Crippen LogP contribution in [-0.4, -0.2) is 32.2 Å². The molecule has 3 heterocycles. The first-order valence-electron chi connectivity index (χ1n) is 6.64. The number of aromatic nitrogens is 4. The molecule has 2 aromatic rings. The number of nitrogen functional groups attached to an aromatic ring is 1. The molecule has 2 aromatic heterocycles. The zero-order valence-corrected chi connectivity index (χ0v) is 11.8. The van der Waals surface area contributed by atoms with Crippen LogP contribution < -0.4 is 10.6 Å². The predicted octanol–water partition coefficient (Wildman–Crippen LogP) is 1.72. The molecule has 0 bridgehead atoms. The molecule has 0 saturated carbocycles. The van der Waals surface area contributed by atoms with Gasteiger partial charge >= 0.3 is 0 Å². The van der Waals surface area contributed by atoms with Gasteiger partial charge in [-0.05, 0) is 18.9 Å².